The smallest absolute Gasteiger partial charge is 0.268 e. The third kappa shape index (κ3) is 5.06. The van der Waals surface area contributed by atoms with Crippen LogP contribution in [0.3, 0.4) is 0 Å². The highest BCUT2D eigenvalue weighted by Gasteiger charge is 2.26. The monoisotopic (exact) mass is 493 g/mol. The largest absolute Gasteiger partial charge is 0.497 e. The fourth-order valence-corrected chi connectivity index (χ4v) is 6.16. The molecular weight excluding hydrogens is 466 g/mol. The van der Waals surface area contributed by atoms with E-state index in [1.165, 1.54) is 3.97 Å². The lowest BCUT2D eigenvalue weighted by Crippen LogP contribution is -2.13. The Kier molecular flexibility index (Phi) is 7.46. The van der Waals surface area contributed by atoms with Gasteiger partial charge in [0.15, 0.2) is 0 Å². The molecule has 0 aliphatic heterocycles. The predicted octanol–water partition coefficient (Wildman–Crippen LogP) is 6.15. The lowest BCUT2D eigenvalue weighted by molar-refractivity contribution is 0.184. The summed E-state index contributed by atoms with van der Waals surface area (Å²) in [6.07, 6.45) is 1.69. The second-order valence-corrected chi connectivity index (χ2v) is 10.7. The molecule has 0 radical (unpaired) electrons. The van der Waals surface area contributed by atoms with Gasteiger partial charge in [-0.15, -0.1) is 11.8 Å². The molecule has 0 spiro atoms. The van der Waals surface area contributed by atoms with Crippen LogP contribution in [0, 0.1) is 6.92 Å². The van der Waals surface area contributed by atoms with Crippen LogP contribution in [-0.4, -0.2) is 26.6 Å². The maximum atomic E-state index is 13.8. The summed E-state index contributed by atoms with van der Waals surface area (Å²) >= 11 is 1.66. The van der Waals surface area contributed by atoms with E-state index < -0.39 is 10.0 Å². The fourth-order valence-electron chi connectivity index (χ4n) is 3.75. The van der Waals surface area contributed by atoms with E-state index in [0.29, 0.717) is 23.8 Å². The zero-order valence-electron chi connectivity index (χ0n) is 19.4. The number of thioether (sulfide) groups is 1. The molecular formula is C27H27NO4S2. The van der Waals surface area contributed by atoms with Crippen molar-refractivity contribution in [2.24, 2.45) is 0 Å². The Morgan fingerprint density at radius 3 is 2.18 bits per heavy atom. The molecule has 1 heterocycles. The van der Waals surface area contributed by atoms with Gasteiger partial charge in [-0.2, -0.15) is 0 Å². The topological polar surface area (TPSA) is 57.5 Å². The normalized spacial score (nSPS) is 11.5. The molecule has 0 unspecified atom stereocenters. The van der Waals surface area contributed by atoms with Crippen molar-refractivity contribution in [3.8, 4) is 17.0 Å². The molecule has 0 saturated heterocycles. The number of aromatic nitrogens is 1. The van der Waals surface area contributed by atoms with Crippen LogP contribution in [0.2, 0.25) is 0 Å². The molecule has 5 nitrogen and oxygen atoms in total. The molecule has 3 aromatic carbocycles. The molecule has 0 amide bonds. The summed E-state index contributed by atoms with van der Waals surface area (Å²) in [5, 5.41) is 0. The number of rotatable bonds is 9. The van der Waals surface area contributed by atoms with Gasteiger partial charge in [-0.3, -0.25) is 0 Å². The minimum Gasteiger partial charge on any atom is -0.497 e. The second-order valence-electron chi connectivity index (χ2n) is 7.86. The van der Waals surface area contributed by atoms with Gasteiger partial charge in [0.1, 0.15) is 5.75 Å². The van der Waals surface area contributed by atoms with Crippen LogP contribution in [0.25, 0.3) is 11.3 Å². The van der Waals surface area contributed by atoms with Crippen LogP contribution in [-0.2, 0) is 27.1 Å². The van der Waals surface area contributed by atoms with Crippen molar-refractivity contribution in [2.75, 3.05) is 14.2 Å². The molecule has 0 atom stereocenters. The van der Waals surface area contributed by atoms with Crippen LogP contribution in [0.4, 0.5) is 0 Å². The molecule has 0 N–H and O–H groups in total. The zero-order chi connectivity index (χ0) is 24.1. The SMILES string of the molecule is COCc1cn(S(=O)(=O)c2ccc(C)cc2)c(-c2ccc(OC)cc2)c1CSc1ccccc1. The molecule has 0 aliphatic carbocycles. The Morgan fingerprint density at radius 1 is 0.882 bits per heavy atom. The van der Waals surface area contributed by atoms with Crippen molar-refractivity contribution in [1.82, 2.24) is 3.97 Å². The lowest BCUT2D eigenvalue weighted by atomic mass is 10.1. The zero-order valence-corrected chi connectivity index (χ0v) is 21.0. The molecule has 0 saturated carbocycles. The van der Waals surface area contributed by atoms with Gasteiger partial charge in [-0.1, -0.05) is 35.9 Å². The average Bonchev–Trinajstić information content (AvgIpc) is 3.23. The van der Waals surface area contributed by atoms with Gasteiger partial charge in [-0.25, -0.2) is 12.4 Å². The molecule has 4 rings (SSSR count). The van der Waals surface area contributed by atoms with E-state index in [1.807, 2.05) is 73.7 Å². The fraction of sp³-hybridized carbons (Fsp3) is 0.185. The van der Waals surface area contributed by atoms with E-state index in [9.17, 15) is 8.42 Å². The predicted molar refractivity (Wildman–Crippen MR) is 137 cm³/mol. The molecule has 7 heteroatoms. The van der Waals surface area contributed by atoms with Crippen molar-refractivity contribution in [1.29, 1.82) is 0 Å². The highest BCUT2D eigenvalue weighted by atomic mass is 32.2. The van der Waals surface area contributed by atoms with Gasteiger partial charge in [0.25, 0.3) is 10.0 Å². The van der Waals surface area contributed by atoms with Gasteiger partial charge in [0.05, 0.1) is 24.3 Å². The Morgan fingerprint density at radius 2 is 1.56 bits per heavy atom. The van der Waals surface area contributed by atoms with Crippen LogP contribution in [0.15, 0.2) is 94.9 Å². The van der Waals surface area contributed by atoms with Crippen molar-refractivity contribution < 1.29 is 17.9 Å². The quantitative estimate of drug-likeness (QED) is 0.262. The molecule has 0 aliphatic rings. The number of hydrogen-bond acceptors (Lipinski definition) is 5. The van der Waals surface area contributed by atoms with E-state index >= 15 is 0 Å². The average molecular weight is 494 g/mol. The number of ether oxygens (including phenoxy) is 2. The highest BCUT2D eigenvalue weighted by Crippen LogP contribution is 2.37. The number of benzene rings is 3. The summed E-state index contributed by atoms with van der Waals surface area (Å²) in [4.78, 5) is 1.36. The second kappa shape index (κ2) is 10.5. The van der Waals surface area contributed by atoms with Crippen LogP contribution < -0.4 is 4.74 Å². The van der Waals surface area contributed by atoms with Gasteiger partial charge in [0, 0.05) is 29.5 Å². The summed E-state index contributed by atoms with van der Waals surface area (Å²) in [7, 11) is -0.605. The third-order valence-electron chi connectivity index (χ3n) is 5.53. The first-order valence-corrected chi connectivity index (χ1v) is 13.2. The molecule has 4 aromatic rings. The van der Waals surface area contributed by atoms with Crippen LogP contribution in [0.1, 0.15) is 16.7 Å². The minimum atomic E-state index is -3.83. The molecule has 34 heavy (non-hydrogen) atoms. The summed E-state index contributed by atoms with van der Waals surface area (Å²) in [5.74, 6) is 1.31. The summed E-state index contributed by atoms with van der Waals surface area (Å²) in [6, 6.07) is 24.5. The van der Waals surface area contributed by atoms with Crippen molar-refractivity contribution in [3.63, 3.8) is 0 Å². The molecule has 176 valence electrons. The number of aryl methyl sites for hydroxylation is 1. The lowest BCUT2D eigenvalue weighted by Gasteiger charge is -2.14. The summed E-state index contributed by atoms with van der Waals surface area (Å²) < 4.78 is 39.8. The van der Waals surface area contributed by atoms with E-state index in [1.54, 1.807) is 44.3 Å². The standard InChI is InChI=1S/C27H27NO4S2/c1-20-9-15-25(16-10-20)34(29,30)28-17-22(18-31-2)26(19-33-24-7-5-4-6-8-24)27(28)21-11-13-23(32-3)14-12-21/h4-17H,18-19H2,1-3H3. The van der Waals surface area contributed by atoms with E-state index in [4.69, 9.17) is 9.47 Å². The minimum absolute atomic E-state index is 0.245. The van der Waals surface area contributed by atoms with Crippen LogP contribution in [0.5, 0.6) is 5.75 Å². The molecule has 1 aromatic heterocycles. The maximum Gasteiger partial charge on any atom is 0.268 e. The van der Waals surface area contributed by atoms with Crippen molar-refractivity contribution in [3.05, 3.63) is 102 Å². The summed E-state index contributed by atoms with van der Waals surface area (Å²) in [5.41, 5.74) is 4.20. The first-order valence-electron chi connectivity index (χ1n) is 10.8. The van der Waals surface area contributed by atoms with Crippen LogP contribution >= 0.6 is 11.8 Å². The van der Waals surface area contributed by atoms with Crippen molar-refractivity contribution in [2.45, 2.75) is 29.1 Å². The Hall–Kier alpha value is -3.00. The van der Waals surface area contributed by atoms with Crippen molar-refractivity contribution >= 4 is 21.8 Å². The number of hydrogen-bond donors (Lipinski definition) is 0. The van der Waals surface area contributed by atoms with Gasteiger partial charge in [-0.05, 0) is 66.6 Å². The van der Waals surface area contributed by atoms with Gasteiger partial charge < -0.3 is 9.47 Å². The van der Waals surface area contributed by atoms with Gasteiger partial charge in [0.2, 0.25) is 0 Å². The maximum absolute atomic E-state index is 13.8. The number of methoxy groups -OCH3 is 2. The van der Waals surface area contributed by atoms with E-state index in [-0.39, 0.29) is 4.90 Å². The number of nitrogens with zero attached hydrogens (tertiary/aromatic N) is 1. The Labute approximate surface area is 205 Å². The summed E-state index contributed by atoms with van der Waals surface area (Å²) in [6.45, 7) is 2.24. The first-order chi connectivity index (χ1) is 16.4. The van der Waals surface area contributed by atoms with E-state index in [2.05, 4.69) is 0 Å². The van der Waals surface area contributed by atoms with E-state index in [0.717, 1.165) is 27.1 Å². The Balaban J connectivity index is 1.89. The highest BCUT2D eigenvalue weighted by molar-refractivity contribution is 7.98. The molecule has 0 fully saturated rings. The first kappa shape index (κ1) is 24.1. The third-order valence-corrected chi connectivity index (χ3v) is 8.25. The Bertz CT molecular complexity index is 1340. The molecule has 0 bridgehead atoms. The van der Waals surface area contributed by atoms with Gasteiger partial charge >= 0.3 is 0 Å².